The van der Waals surface area contributed by atoms with Gasteiger partial charge in [0.25, 0.3) is 5.69 Å². The van der Waals surface area contributed by atoms with Crippen molar-refractivity contribution < 1.29 is 19.6 Å². The summed E-state index contributed by atoms with van der Waals surface area (Å²) in [5, 5.41) is 21.3. The van der Waals surface area contributed by atoms with Crippen LogP contribution in [0.3, 0.4) is 0 Å². The summed E-state index contributed by atoms with van der Waals surface area (Å²) in [4.78, 5) is 24.2. The first-order chi connectivity index (χ1) is 9.54. The molecule has 0 saturated carbocycles. The summed E-state index contributed by atoms with van der Waals surface area (Å²) in [5.74, 6) is 0.528. The van der Waals surface area contributed by atoms with E-state index < -0.39 is 11.0 Å². The minimum absolute atomic E-state index is 0.140. The maximum absolute atomic E-state index is 10.5. The third kappa shape index (κ3) is 3.42. The minimum Gasteiger partial charge on any atom is -0.465 e. The third-order valence-corrected chi connectivity index (χ3v) is 2.24. The lowest BCUT2D eigenvalue weighted by atomic mass is 10.3. The molecule has 8 nitrogen and oxygen atoms in total. The van der Waals surface area contributed by atoms with E-state index in [9.17, 15) is 14.9 Å². The second kappa shape index (κ2) is 5.65. The number of anilines is 1. The van der Waals surface area contributed by atoms with Crippen molar-refractivity contribution in [2.24, 2.45) is 0 Å². The Bertz CT molecular complexity index is 642. The molecule has 1 heterocycles. The molecule has 2 aromatic rings. The predicted octanol–water partition coefficient (Wildman–Crippen LogP) is 2.87. The molecule has 0 unspecified atom stereocenters. The Morgan fingerprint density at radius 1 is 1.35 bits per heavy atom. The van der Waals surface area contributed by atoms with Crippen molar-refractivity contribution in [3.8, 4) is 11.6 Å². The van der Waals surface area contributed by atoms with E-state index in [-0.39, 0.29) is 11.6 Å². The monoisotopic (exact) mass is 275 g/mol. The molecule has 0 bridgehead atoms. The second-order valence-corrected chi connectivity index (χ2v) is 3.67. The number of pyridine rings is 1. The number of aromatic nitrogens is 1. The molecule has 2 N–H and O–H groups in total. The van der Waals surface area contributed by atoms with E-state index in [1.165, 1.54) is 18.2 Å². The number of ether oxygens (including phenoxy) is 1. The molecule has 1 aromatic carbocycles. The van der Waals surface area contributed by atoms with Crippen molar-refractivity contribution in [3.63, 3.8) is 0 Å². The fraction of sp³-hybridized carbons (Fsp3) is 0. The lowest BCUT2D eigenvalue weighted by molar-refractivity contribution is -0.385. The normalized spacial score (nSPS) is 9.80. The summed E-state index contributed by atoms with van der Waals surface area (Å²) >= 11 is 0. The van der Waals surface area contributed by atoms with Crippen molar-refractivity contribution in [3.05, 3.63) is 52.7 Å². The lowest BCUT2D eigenvalue weighted by Gasteiger charge is -2.06. The highest BCUT2D eigenvalue weighted by Crippen LogP contribution is 2.23. The van der Waals surface area contributed by atoms with Crippen molar-refractivity contribution in [2.75, 3.05) is 5.32 Å². The van der Waals surface area contributed by atoms with Gasteiger partial charge in [0.05, 0.1) is 4.92 Å². The predicted molar refractivity (Wildman–Crippen MR) is 69.1 cm³/mol. The zero-order chi connectivity index (χ0) is 14.5. The zero-order valence-electron chi connectivity index (χ0n) is 10.0. The molecule has 1 amide bonds. The van der Waals surface area contributed by atoms with Gasteiger partial charge in [0.15, 0.2) is 0 Å². The standard InChI is InChI=1S/C12H9N3O5/c16-12(17)14-8-2-1-3-10(6-8)20-11-5-4-9(7-13-11)15(18)19/h1-7,14H,(H,16,17). The highest BCUT2D eigenvalue weighted by Gasteiger charge is 2.07. The molecule has 1 aromatic heterocycles. The summed E-state index contributed by atoms with van der Waals surface area (Å²) in [5.41, 5.74) is 0.204. The zero-order valence-corrected chi connectivity index (χ0v) is 10.0. The summed E-state index contributed by atoms with van der Waals surface area (Å²) < 4.78 is 5.37. The van der Waals surface area contributed by atoms with E-state index in [2.05, 4.69) is 10.3 Å². The number of hydrogen-bond acceptors (Lipinski definition) is 5. The first-order valence-electron chi connectivity index (χ1n) is 5.43. The van der Waals surface area contributed by atoms with Gasteiger partial charge in [0.1, 0.15) is 11.9 Å². The van der Waals surface area contributed by atoms with Crippen molar-refractivity contribution >= 4 is 17.5 Å². The number of amides is 1. The Morgan fingerprint density at radius 3 is 2.75 bits per heavy atom. The van der Waals surface area contributed by atoms with E-state index in [4.69, 9.17) is 9.84 Å². The van der Waals surface area contributed by atoms with Crippen LogP contribution in [0.15, 0.2) is 42.6 Å². The van der Waals surface area contributed by atoms with Gasteiger partial charge in [-0.25, -0.2) is 9.78 Å². The molecule has 0 spiro atoms. The summed E-state index contributed by atoms with van der Waals surface area (Å²) in [6.07, 6.45) is -0.107. The van der Waals surface area contributed by atoms with Gasteiger partial charge in [-0.05, 0) is 12.1 Å². The van der Waals surface area contributed by atoms with Gasteiger partial charge in [-0.2, -0.15) is 0 Å². The maximum Gasteiger partial charge on any atom is 0.409 e. The Hall–Kier alpha value is -3.16. The Labute approximate surface area is 112 Å². The van der Waals surface area contributed by atoms with Crippen LogP contribution in [-0.2, 0) is 0 Å². The first-order valence-corrected chi connectivity index (χ1v) is 5.43. The molecular weight excluding hydrogens is 266 g/mol. The van der Waals surface area contributed by atoms with Crippen LogP contribution in [0.2, 0.25) is 0 Å². The fourth-order valence-electron chi connectivity index (χ4n) is 1.42. The van der Waals surface area contributed by atoms with Gasteiger partial charge in [-0.15, -0.1) is 0 Å². The number of nitrogens with zero attached hydrogens (tertiary/aromatic N) is 2. The molecule has 0 fully saturated rings. The van der Waals surface area contributed by atoms with Crippen LogP contribution < -0.4 is 10.1 Å². The fourth-order valence-corrected chi connectivity index (χ4v) is 1.42. The molecule has 0 atom stereocenters. The number of carbonyl (C=O) groups is 1. The van der Waals surface area contributed by atoms with Gasteiger partial charge in [0.2, 0.25) is 5.88 Å². The van der Waals surface area contributed by atoms with Gasteiger partial charge in [-0.3, -0.25) is 15.4 Å². The third-order valence-electron chi connectivity index (χ3n) is 2.24. The molecule has 0 aliphatic rings. The van der Waals surface area contributed by atoms with Gasteiger partial charge >= 0.3 is 6.09 Å². The minimum atomic E-state index is -1.18. The molecule has 2 rings (SSSR count). The average molecular weight is 275 g/mol. The van der Waals surface area contributed by atoms with E-state index in [1.807, 2.05) is 0 Å². The lowest BCUT2D eigenvalue weighted by Crippen LogP contribution is -2.06. The van der Waals surface area contributed by atoms with Crippen molar-refractivity contribution in [1.29, 1.82) is 0 Å². The number of hydrogen-bond donors (Lipinski definition) is 2. The quantitative estimate of drug-likeness (QED) is 0.654. The summed E-state index contributed by atoms with van der Waals surface area (Å²) in [6, 6.07) is 8.86. The maximum atomic E-state index is 10.5. The van der Waals surface area contributed by atoms with E-state index >= 15 is 0 Å². The average Bonchev–Trinajstić information content (AvgIpc) is 2.39. The van der Waals surface area contributed by atoms with E-state index in [0.29, 0.717) is 11.4 Å². The Kier molecular flexibility index (Phi) is 3.75. The molecule has 0 saturated heterocycles. The number of nitrogens with one attached hydrogen (secondary N) is 1. The van der Waals surface area contributed by atoms with Gasteiger partial charge < -0.3 is 9.84 Å². The van der Waals surface area contributed by atoms with Crippen LogP contribution in [0.1, 0.15) is 0 Å². The summed E-state index contributed by atoms with van der Waals surface area (Å²) in [7, 11) is 0. The largest absolute Gasteiger partial charge is 0.465 e. The van der Waals surface area contributed by atoms with E-state index in [1.54, 1.807) is 18.2 Å². The topological polar surface area (TPSA) is 115 Å². The van der Waals surface area contributed by atoms with Crippen LogP contribution in [-0.4, -0.2) is 21.1 Å². The van der Waals surface area contributed by atoms with Crippen LogP contribution >= 0.6 is 0 Å². The molecule has 20 heavy (non-hydrogen) atoms. The van der Waals surface area contributed by atoms with Crippen LogP contribution in [0.4, 0.5) is 16.2 Å². The first kappa shape index (κ1) is 13.3. The number of rotatable bonds is 4. The Morgan fingerprint density at radius 2 is 2.15 bits per heavy atom. The highest BCUT2D eigenvalue weighted by molar-refractivity contribution is 5.83. The molecule has 8 heteroatoms. The molecule has 0 aliphatic heterocycles. The summed E-state index contributed by atoms with van der Waals surface area (Å²) in [6.45, 7) is 0. The molecule has 0 aliphatic carbocycles. The molecular formula is C12H9N3O5. The Balaban J connectivity index is 2.13. The van der Waals surface area contributed by atoms with Crippen LogP contribution in [0.5, 0.6) is 11.6 Å². The van der Waals surface area contributed by atoms with Crippen LogP contribution in [0, 0.1) is 10.1 Å². The smallest absolute Gasteiger partial charge is 0.409 e. The number of carboxylic acid groups (broad SMARTS) is 1. The van der Waals surface area contributed by atoms with Crippen LogP contribution in [0.25, 0.3) is 0 Å². The van der Waals surface area contributed by atoms with E-state index in [0.717, 1.165) is 6.20 Å². The highest BCUT2D eigenvalue weighted by atomic mass is 16.6. The molecule has 102 valence electrons. The van der Waals surface area contributed by atoms with Crippen molar-refractivity contribution in [2.45, 2.75) is 0 Å². The van der Waals surface area contributed by atoms with Crippen molar-refractivity contribution in [1.82, 2.24) is 4.98 Å². The number of benzene rings is 1. The SMILES string of the molecule is O=C(O)Nc1cccc(Oc2ccc([N+](=O)[O-])cn2)c1. The van der Waals surface area contributed by atoms with Gasteiger partial charge in [0, 0.05) is 23.9 Å². The van der Waals surface area contributed by atoms with Gasteiger partial charge in [-0.1, -0.05) is 6.07 Å². The second-order valence-electron chi connectivity index (χ2n) is 3.67. The number of nitro groups is 1. The molecule has 0 radical (unpaired) electrons.